The van der Waals surface area contributed by atoms with E-state index in [-0.39, 0.29) is 0 Å². The van der Waals surface area contributed by atoms with Crippen molar-refractivity contribution < 1.29 is 8.42 Å². The van der Waals surface area contributed by atoms with Crippen molar-refractivity contribution in [1.82, 2.24) is 9.29 Å². The molecule has 0 amide bonds. The first-order chi connectivity index (χ1) is 14.5. The van der Waals surface area contributed by atoms with Crippen LogP contribution in [0.1, 0.15) is 0 Å². The molecule has 5 rings (SSSR count). The maximum absolute atomic E-state index is 13.0. The van der Waals surface area contributed by atoms with Crippen LogP contribution in [-0.2, 0) is 10.0 Å². The monoisotopic (exact) mass is 481 g/mol. The molecule has 7 heteroatoms. The number of benzene rings is 3. The number of pyridine rings is 1. The Morgan fingerprint density at radius 2 is 1.33 bits per heavy atom. The molecule has 0 saturated carbocycles. The largest absolute Gasteiger partial charge is 0.353 e. The molecule has 1 aliphatic rings. The van der Waals surface area contributed by atoms with Crippen molar-refractivity contribution in [3.63, 3.8) is 0 Å². The maximum atomic E-state index is 13.0. The highest BCUT2D eigenvalue weighted by Gasteiger charge is 2.29. The summed E-state index contributed by atoms with van der Waals surface area (Å²) in [7, 11) is -3.50. The van der Waals surface area contributed by atoms with E-state index in [0.717, 1.165) is 26.6 Å². The van der Waals surface area contributed by atoms with Crippen molar-refractivity contribution in [3.05, 3.63) is 77.3 Å². The molecule has 4 aromatic rings. The third-order valence-electron chi connectivity index (χ3n) is 5.58. The summed E-state index contributed by atoms with van der Waals surface area (Å²) in [5.41, 5.74) is 0.955. The second-order valence-electron chi connectivity index (χ2n) is 7.34. The van der Waals surface area contributed by atoms with Crippen LogP contribution in [0.25, 0.3) is 21.7 Å². The first-order valence-corrected chi connectivity index (χ1v) is 12.1. The molecule has 1 aromatic heterocycles. The summed E-state index contributed by atoms with van der Waals surface area (Å²) >= 11 is 3.36. The lowest BCUT2D eigenvalue weighted by atomic mass is 10.1. The summed E-state index contributed by atoms with van der Waals surface area (Å²) in [6, 6.07) is 23.2. The zero-order chi connectivity index (χ0) is 20.7. The molecule has 0 N–H and O–H groups in total. The number of hydrogen-bond donors (Lipinski definition) is 0. The van der Waals surface area contributed by atoms with Gasteiger partial charge in [-0.1, -0.05) is 58.4 Å². The van der Waals surface area contributed by atoms with E-state index in [1.165, 1.54) is 5.39 Å². The van der Waals surface area contributed by atoms with Gasteiger partial charge in [-0.2, -0.15) is 4.31 Å². The van der Waals surface area contributed by atoms with Crippen LogP contribution < -0.4 is 4.90 Å². The van der Waals surface area contributed by atoms with E-state index < -0.39 is 10.0 Å². The molecule has 0 atom stereocenters. The van der Waals surface area contributed by atoms with Crippen molar-refractivity contribution in [2.45, 2.75) is 4.90 Å². The van der Waals surface area contributed by atoms with Gasteiger partial charge >= 0.3 is 0 Å². The van der Waals surface area contributed by atoms with E-state index >= 15 is 0 Å². The van der Waals surface area contributed by atoms with Crippen LogP contribution in [0.2, 0.25) is 0 Å². The third kappa shape index (κ3) is 3.37. The van der Waals surface area contributed by atoms with Gasteiger partial charge in [0, 0.05) is 41.4 Å². The molecule has 2 heterocycles. The highest BCUT2D eigenvalue weighted by molar-refractivity contribution is 9.10. The lowest BCUT2D eigenvalue weighted by Gasteiger charge is -2.35. The van der Waals surface area contributed by atoms with Gasteiger partial charge < -0.3 is 4.90 Å². The molecule has 3 aromatic carbocycles. The van der Waals surface area contributed by atoms with Gasteiger partial charge in [0.2, 0.25) is 10.0 Å². The number of hydrogen-bond acceptors (Lipinski definition) is 4. The standard InChI is InChI=1S/C23H20BrN3O2S/c24-17-9-11-18(12-10-17)30(28,29)27-15-13-26(14-16-27)23-21-7-2-1-5-19(21)20-6-3-4-8-22(20)25-23/h1-12H,13-16H2. The fraction of sp³-hybridized carbons (Fsp3) is 0.174. The predicted molar refractivity (Wildman–Crippen MR) is 124 cm³/mol. The average Bonchev–Trinajstić information content (AvgIpc) is 2.79. The van der Waals surface area contributed by atoms with Crippen molar-refractivity contribution in [2.75, 3.05) is 31.1 Å². The van der Waals surface area contributed by atoms with E-state index in [2.05, 4.69) is 39.0 Å². The first kappa shape index (κ1) is 19.5. The first-order valence-electron chi connectivity index (χ1n) is 9.82. The Morgan fingerprint density at radius 1 is 0.733 bits per heavy atom. The van der Waals surface area contributed by atoms with E-state index in [4.69, 9.17) is 4.98 Å². The number of halogens is 1. The Labute approximate surface area is 184 Å². The van der Waals surface area contributed by atoms with Crippen LogP contribution in [0.3, 0.4) is 0 Å². The Balaban J connectivity index is 1.45. The molecule has 1 aliphatic heterocycles. The van der Waals surface area contributed by atoms with Gasteiger partial charge in [0.05, 0.1) is 10.4 Å². The fourth-order valence-electron chi connectivity index (χ4n) is 4.02. The van der Waals surface area contributed by atoms with Gasteiger partial charge in [0.15, 0.2) is 0 Å². The van der Waals surface area contributed by atoms with Gasteiger partial charge in [0.25, 0.3) is 0 Å². The smallest absolute Gasteiger partial charge is 0.243 e. The number of piperazine rings is 1. The number of anilines is 1. The van der Waals surface area contributed by atoms with Crippen LogP contribution in [0.4, 0.5) is 5.82 Å². The fourth-order valence-corrected chi connectivity index (χ4v) is 5.71. The summed E-state index contributed by atoms with van der Waals surface area (Å²) in [6.07, 6.45) is 0. The number of fused-ring (bicyclic) bond motifs is 3. The molecular weight excluding hydrogens is 462 g/mol. The molecule has 0 spiro atoms. The van der Waals surface area contributed by atoms with Crippen molar-refractivity contribution in [1.29, 1.82) is 0 Å². The van der Waals surface area contributed by atoms with Crippen molar-refractivity contribution in [2.24, 2.45) is 0 Å². The Hall–Kier alpha value is -2.48. The number of aromatic nitrogens is 1. The second-order valence-corrected chi connectivity index (χ2v) is 10.2. The van der Waals surface area contributed by atoms with Gasteiger partial charge in [-0.05, 0) is 35.7 Å². The van der Waals surface area contributed by atoms with Crippen LogP contribution >= 0.6 is 15.9 Å². The van der Waals surface area contributed by atoms with Gasteiger partial charge in [-0.15, -0.1) is 0 Å². The summed E-state index contributed by atoms with van der Waals surface area (Å²) in [6.45, 7) is 2.07. The molecule has 30 heavy (non-hydrogen) atoms. The predicted octanol–water partition coefficient (Wildman–Crippen LogP) is 4.66. The summed E-state index contributed by atoms with van der Waals surface area (Å²) < 4.78 is 28.4. The topological polar surface area (TPSA) is 53.5 Å². The van der Waals surface area contributed by atoms with E-state index in [0.29, 0.717) is 31.1 Å². The van der Waals surface area contributed by atoms with E-state index in [1.54, 1.807) is 28.6 Å². The normalized spacial score (nSPS) is 15.7. The molecule has 152 valence electrons. The minimum Gasteiger partial charge on any atom is -0.353 e. The van der Waals surface area contributed by atoms with Crippen molar-refractivity contribution in [3.8, 4) is 0 Å². The molecular formula is C23H20BrN3O2S. The Morgan fingerprint density at radius 3 is 2.03 bits per heavy atom. The molecule has 0 aliphatic carbocycles. The summed E-state index contributed by atoms with van der Waals surface area (Å²) in [4.78, 5) is 7.46. The molecule has 0 bridgehead atoms. The zero-order valence-corrected chi connectivity index (χ0v) is 18.6. The van der Waals surface area contributed by atoms with E-state index in [1.807, 2.05) is 30.3 Å². The van der Waals surface area contributed by atoms with Crippen LogP contribution in [0, 0.1) is 0 Å². The highest BCUT2D eigenvalue weighted by Crippen LogP contribution is 2.32. The highest BCUT2D eigenvalue weighted by atomic mass is 79.9. The SMILES string of the molecule is O=S(=O)(c1ccc(Br)cc1)N1CCN(c2nc3ccccc3c3ccccc23)CC1. The van der Waals surface area contributed by atoms with E-state index in [9.17, 15) is 8.42 Å². The molecule has 0 radical (unpaired) electrons. The number of rotatable bonds is 3. The lowest BCUT2D eigenvalue weighted by Crippen LogP contribution is -2.49. The average molecular weight is 482 g/mol. The zero-order valence-electron chi connectivity index (χ0n) is 16.2. The maximum Gasteiger partial charge on any atom is 0.243 e. The second kappa shape index (κ2) is 7.65. The van der Waals surface area contributed by atoms with Gasteiger partial charge in [-0.25, -0.2) is 13.4 Å². The minimum atomic E-state index is -3.50. The number of sulfonamides is 1. The molecule has 5 nitrogen and oxygen atoms in total. The van der Waals surface area contributed by atoms with Crippen LogP contribution in [-0.4, -0.2) is 43.9 Å². The lowest BCUT2D eigenvalue weighted by molar-refractivity contribution is 0.384. The molecule has 1 saturated heterocycles. The Kier molecular flexibility index (Phi) is 4.97. The molecule has 1 fully saturated rings. The molecule has 0 unspecified atom stereocenters. The summed E-state index contributed by atoms with van der Waals surface area (Å²) in [5, 5.41) is 3.40. The quantitative estimate of drug-likeness (QED) is 0.399. The van der Waals surface area contributed by atoms with Gasteiger partial charge in [0.1, 0.15) is 5.82 Å². The van der Waals surface area contributed by atoms with Crippen LogP contribution in [0.5, 0.6) is 0 Å². The number of para-hydroxylation sites is 1. The Bertz CT molecular complexity index is 1330. The summed E-state index contributed by atoms with van der Waals surface area (Å²) in [5.74, 6) is 0.921. The minimum absolute atomic E-state index is 0.327. The number of nitrogens with zero attached hydrogens (tertiary/aromatic N) is 3. The third-order valence-corrected chi connectivity index (χ3v) is 8.02. The van der Waals surface area contributed by atoms with Gasteiger partial charge in [-0.3, -0.25) is 0 Å². The van der Waals surface area contributed by atoms with Crippen LogP contribution in [0.15, 0.2) is 82.2 Å². The van der Waals surface area contributed by atoms with Crippen molar-refractivity contribution >= 4 is 53.4 Å².